The lowest BCUT2D eigenvalue weighted by atomic mass is 10.1. The smallest absolute Gasteiger partial charge is 0.407 e. The van der Waals surface area contributed by atoms with Crippen LogP contribution in [0.25, 0.3) is 22.8 Å². The number of nitrogens with one attached hydrogen (secondary N) is 1. The number of rotatable bonds is 7. The number of amides is 1. The molecule has 1 aromatic carbocycles. The molecule has 1 N–H and O–H groups in total. The standard InChI is InChI=1S/C23H29N5O4S/c1-14(2)33(30)17-9-7-16(8-10-17)18-13-25-15(3)20(26-18)21-28-27-19(31-21)11-12-24-22(29)32-23(4,5)6/h7-10,13-14H,11-12H2,1-6H3,(H,24,29). The molecular formula is C23H29N5O4S. The molecule has 1 amide bonds. The summed E-state index contributed by atoms with van der Waals surface area (Å²) in [6.07, 6.45) is 1.53. The van der Waals surface area contributed by atoms with Crippen molar-refractivity contribution in [3.8, 4) is 22.8 Å². The van der Waals surface area contributed by atoms with E-state index in [1.165, 1.54) is 0 Å². The van der Waals surface area contributed by atoms with Crippen LogP contribution in [0.2, 0.25) is 0 Å². The minimum Gasteiger partial charge on any atom is -0.444 e. The molecule has 0 bridgehead atoms. The highest BCUT2D eigenvalue weighted by Gasteiger charge is 2.18. The van der Waals surface area contributed by atoms with Crippen molar-refractivity contribution in [2.75, 3.05) is 6.54 Å². The predicted molar refractivity (Wildman–Crippen MR) is 125 cm³/mol. The highest BCUT2D eigenvalue weighted by molar-refractivity contribution is 7.85. The van der Waals surface area contributed by atoms with E-state index in [1.54, 1.807) is 27.0 Å². The Morgan fingerprint density at radius 3 is 2.52 bits per heavy atom. The van der Waals surface area contributed by atoms with Crippen LogP contribution in [-0.2, 0) is 22.0 Å². The Morgan fingerprint density at radius 1 is 1.18 bits per heavy atom. The van der Waals surface area contributed by atoms with Crippen molar-refractivity contribution in [1.29, 1.82) is 0 Å². The van der Waals surface area contributed by atoms with Crippen LogP contribution in [0, 0.1) is 6.92 Å². The summed E-state index contributed by atoms with van der Waals surface area (Å²) in [5, 5.41) is 10.8. The molecule has 3 aromatic rings. The summed E-state index contributed by atoms with van der Waals surface area (Å²) in [5.74, 6) is 0.625. The molecule has 33 heavy (non-hydrogen) atoms. The number of hydrogen-bond acceptors (Lipinski definition) is 8. The van der Waals surface area contributed by atoms with Gasteiger partial charge in [0.05, 0.1) is 28.4 Å². The van der Waals surface area contributed by atoms with E-state index in [1.807, 2.05) is 45.0 Å². The van der Waals surface area contributed by atoms with Crippen molar-refractivity contribution >= 4 is 16.9 Å². The third-order valence-electron chi connectivity index (χ3n) is 4.44. The Labute approximate surface area is 195 Å². The molecule has 0 fully saturated rings. The molecule has 9 nitrogen and oxygen atoms in total. The van der Waals surface area contributed by atoms with Crippen LogP contribution in [0.15, 0.2) is 39.8 Å². The molecule has 1 atom stereocenters. The Hall–Kier alpha value is -3.14. The van der Waals surface area contributed by atoms with Crippen LogP contribution in [0.4, 0.5) is 4.79 Å². The van der Waals surface area contributed by atoms with E-state index < -0.39 is 22.5 Å². The van der Waals surface area contributed by atoms with Crippen LogP contribution in [0.5, 0.6) is 0 Å². The highest BCUT2D eigenvalue weighted by Crippen LogP contribution is 2.24. The highest BCUT2D eigenvalue weighted by atomic mass is 32.2. The van der Waals surface area contributed by atoms with Gasteiger partial charge in [-0.25, -0.2) is 9.78 Å². The van der Waals surface area contributed by atoms with Gasteiger partial charge in [-0.15, -0.1) is 10.2 Å². The molecule has 176 valence electrons. The molecule has 0 radical (unpaired) electrons. The quantitative estimate of drug-likeness (QED) is 0.547. The van der Waals surface area contributed by atoms with Crippen LogP contribution in [0.3, 0.4) is 0 Å². The average molecular weight is 472 g/mol. The Kier molecular flexibility index (Phi) is 7.57. The normalized spacial score (nSPS) is 12.6. The third-order valence-corrected chi connectivity index (χ3v) is 6.04. The Balaban J connectivity index is 1.71. The summed E-state index contributed by atoms with van der Waals surface area (Å²) >= 11 is 0. The number of carbonyl (C=O) groups excluding carboxylic acids is 1. The molecule has 2 heterocycles. The van der Waals surface area contributed by atoms with Gasteiger partial charge >= 0.3 is 6.09 Å². The number of aromatic nitrogens is 4. The molecule has 2 aromatic heterocycles. The van der Waals surface area contributed by atoms with Crippen LogP contribution < -0.4 is 5.32 Å². The molecule has 10 heteroatoms. The number of ether oxygens (including phenoxy) is 1. The van der Waals surface area contributed by atoms with Gasteiger partial charge in [0.15, 0.2) is 0 Å². The molecule has 0 aliphatic rings. The molecule has 0 saturated carbocycles. The first-order chi connectivity index (χ1) is 15.5. The van der Waals surface area contributed by atoms with Gasteiger partial charge in [-0.2, -0.15) is 0 Å². The number of benzene rings is 1. The van der Waals surface area contributed by atoms with Gasteiger partial charge < -0.3 is 14.5 Å². The topological polar surface area (TPSA) is 120 Å². The van der Waals surface area contributed by atoms with E-state index in [2.05, 4.69) is 25.5 Å². The fourth-order valence-electron chi connectivity index (χ4n) is 2.86. The first-order valence-corrected chi connectivity index (χ1v) is 11.9. The van der Waals surface area contributed by atoms with Crippen molar-refractivity contribution in [2.24, 2.45) is 0 Å². The van der Waals surface area contributed by atoms with Crippen molar-refractivity contribution < 1.29 is 18.2 Å². The number of nitrogens with zero attached hydrogens (tertiary/aromatic N) is 4. The Morgan fingerprint density at radius 2 is 1.88 bits per heavy atom. The van der Waals surface area contributed by atoms with Gasteiger partial charge in [0.25, 0.3) is 5.89 Å². The van der Waals surface area contributed by atoms with Crippen molar-refractivity contribution in [1.82, 2.24) is 25.5 Å². The minimum atomic E-state index is -1.05. The van der Waals surface area contributed by atoms with Crippen molar-refractivity contribution in [2.45, 2.75) is 63.7 Å². The lowest BCUT2D eigenvalue weighted by Gasteiger charge is -2.19. The van der Waals surface area contributed by atoms with Gasteiger partial charge in [-0.1, -0.05) is 26.0 Å². The number of aryl methyl sites for hydroxylation is 1. The maximum atomic E-state index is 12.3. The Bertz CT molecular complexity index is 1140. The van der Waals surface area contributed by atoms with Gasteiger partial charge in [0.2, 0.25) is 5.89 Å². The molecule has 0 aliphatic carbocycles. The predicted octanol–water partition coefficient (Wildman–Crippen LogP) is 4.09. The van der Waals surface area contributed by atoms with Crippen molar-refractivity contribution in [3.05, 3.63) is 42.0 Å². The fourth-order valence-corrected chi connectivity index (χ4v) is 3.81. The minimum absolute atomic E-state index is 0.0488. The van der Waals surface area contributed by atoms with Crippen molar-refractivity contribution in [3.63, 3.8) is 0 Å². The summed E-state index contributed by atoms with van der Waals surface area (Å²) in [6, 6.07) is 7.44. The molecular weight excluding hydrogens is 442 g/mol. The molecule has 0 spiro atoms. The second kappa shape index (κ2) is 10.2. The first-order valence-electron chi connectivity index (χ1n) is 10.7. The van der Waals surface area contributed by atoms with Crippen LogP contribution in [0.1, 0.15) is 46.2 Å². The second-order valence-electron chi connectivity index (χ2n) is 8.74. The van der Waals surface area contributed by atoms with E-state index in [9.17, 15) is 9.00 Å². The van der Waals surface area contributed by atoms with Crippen LogP contribution in [-0.4, -0.2) is 47.9 Å². The maximum absolute atomic E-state index is 12.3. The monoisotopic (exact) mass is 471 g/mol. The summed E-state index contributed by atoms with van der Waals surface area (Å²) in [4.78, 5) is 21.6. The van der Waals surface area contributed by atoms with E-state index in [-0.39, 0.29) is 11.1 Å². The fraction of sp³-hybridized carbons (Fsp3) is 0.435. The van der Waals surface area contributed by atoms with E-state index >= 15 is 0 Å². The number of alkyl carbamates (subject to hydrolysis) is 1. The average Bonchev–Trinajstić information content (AvgIpc) is 3.21. The number of hydrogen-bond donors (Lipinski definition) is 1. The first kappa shape index (κ1) is 24.5. The molecule has 0 saturated heterocycles. The maximum Gasteiger partial charge on any atom is 0.407 e. The zero-order valence-electron chi connectivity index (χ0n) is 19.7. The van der Waals surface area contributed by atoms with E-state index in [4.69, 9.17) is 9.15 Å². The summed E-state index contributed by atoms with van der Waals surface area (Å²) in [7, 11) is -1.05. The van der Waals surface area contributed by atoms with Gasteiger partial charge in [-0.3, -0.25) is 9.19 Å². The SMILES string of the molecule is Cc1ncc(-c2ccc(S(=O)C(C)C)cc2)nc1-c1nnc(CCNC(=O)OC(C)(C)C)o1. The van der Waals surface area contributed by atoms with E-state index in [0.717, 1.165) is 10.5 Å². The van der Waals surface area contributed by atoms with Gasteiger partial charge in [0.1, 0.15) is 11.3 Å². The molecule has 0 aliphatic heterocycles. The molecule has 1 unspecified atom stereocenters. The summed E-state index contributed by atoms with van der Waals surface area (Å²) in [5.41, 5.74) is 2.06. The summed E-state index contributed by atoms with van der Waals surface area (Å²) in [6.45, 7) is 11.4. The zero-order valence-corrected chi connectivity index (χ0v) is 20.5. The molecule has 3 rings (SSSR count). The lowest BCUT2D eigenvalue weighted by molar-refractivity contribution is 0.0528. The van der Waals surface area contributed by atoms with Gasteiger partial charge in [-0.05, 0) is 39.8 Å². The lowest BCUT2D eigenvalue weighted by Crippen LogP contribution is -2.33. The largest absolute Gasteiger partial charge is 0.444 e. The van der Waals surface area contributed by atoms with Gasteiger partial charge in [0, 0.05) is 28.7 Å². The zero-order chi connectivity index (χ0) is 24.2. The van der Waals surface area contributed by atoms with E-state index in [0.29, 0.717) is 35.9 Å². The summed E-state index contributed by atoms with van der Waals surface area (Å²) < 4.78 is 23.2. The second-order valence-corrected chi connectivity index (χ2v) is 10.7. The third kappa shape index (κ3) is 6.67. The van der Waals surface area contributed by atoms with Crippen LogP contribution >= 0.6 is 0 Å². The number of carbonyl (C=O) groups is 1.